The standard InChI is InChI=1S/C14H12N4O2/c15-12-11-6-16-13(7-1-2-7)18(11)10-5-8(14(19)20)3-4-9(10)17-12/h3-7H,1-2H2,(H2,15,17)(H,19,20). The third kappa shape index (κ3) is 1.48. The Morgan fingerprint density at radius 1 is 1.35 bits per heavy atom. The summed E-state index contributed by atoms with van der Waals surface area (Å²) in [6.45, 7) is 0. The van der Waals surface area contributed by atoms with Crippen LogP contribution in [0.25, 0.3) is 16.6 Å². The van der Waals surface area contributed by atoms with E-state index in [1.807, 2.05) is 4.40 Å². The van der Waals surface area contributed by atoms with Gasteiger partial charge in [0.15, 0.2) is 0 Å². The number of nitrogens with zero attached hydrogens (tertiary/aromatic N) is 3. The second-order valence-corrected chi connectivity index (χ2v) is 5.12. The summed E-state index contributed by atoms with van der Waals surface area (Å²) in [5, 5.41) is 9.14. The van der Waals surface area contributed by atoms with Crippen LogP contribution < -0.4 is 5.73 Å². The minimum atomic E-state index is -0.954. The highest BCUT2D eigenvalue weighted by Crippen LogP contribution is 2.40. The first-order valence-electron chi connectivity index (χ1n) is 6.45. The number of hydrogen-bond acceptors (Lipinski definition) is 4. The summed E-state index contributed by atoms with van der Waals surface area (Å²) in [7, 11) is 0. The van der Waals surface area contributed by atoms with Gasteiger partial charge in [-0.25, -0.2) is 14.8 Å². The SMILES string of the molecule is Nc1nc2ccc(C(=O)O)cc2n2c(C3CC3)ncc12. The Kier molecular flexibility index (Phi) is 2.07. The smallest absolute Gasteiger partial charge is 0.335 e. The maximum Gasteiger partial charge on any atom is 0.335 e. The van der Waals surface area contributed by atoms with E-state index in [4.69, 9.17) is 10.8 Å². The van der Waals surface area contributed by atoms with E-state index in [9.17, 15) is 4.79 Å². The average molecular weight is 268 g/mol. The molecule has 0 bridgehead atoms. The normalized spacial score (nSPS) is 15.0. The zero-order valence-corrected chi connectivity index (χ0v) is 10.6. The third-order valence-corrected chi connectivity index (χ3v) is 3.70. The van der Waals surface area contributed by atoms with Gasteiger partial charge in [0.1, 0.15) is 17.2 Å². The Morgan fingerprint density at radius 3 is 2.85 bits per heavy atom. The van der Waals surface area contributed by atoms with Crippen LogP contribution in [-0.4, -0.2) is 25.4 Å². The van der Waals surface area contributed by atoms with Crippen LogP contribution in [0.4, 0.5) is 5.82 Å². The summed E-state index contributed by atoms with van der Waals surface area (Å²) in [5.41, 5.74) is 8.36. The molecule has 0 atom stereocenters. The first-order valence-corrected chi connectivity index (χ1v) is 6.45. The van der Waals surface area contributed by atoms with Crippen LogP contribution in [0.5, 0.6) is 0 Å². The zero-order valence-electron chi connectivity index (χ0n) is 10.6. The van der Waals surface area contributed by atoms with Gasteiger partial charge in [-0.3, -0.25) is 4.40 Å². The first-order chi connectivity index (χ1) is 9.65. The van der Waals surface area contributed by atoms with Gasteiger partial charge in [0.05, 0.1) is 22.8 Å². The van der Waals surface area contributed by atoms with Crippen molar-refractivity contribution in [1.82, 2.24) is 14.4 Å². The van der Waals surface area contributed by atoms with E-state index in [0.717, 1.165) is 29.7 Å². The van der Waals surface area contributed by atoms with Crippen LogP contribution in [0.1, 0.15) is 34.9 Å². The Labute approximate surface area is 113 Å². The van der Waals surface area contributed by atoms with Gasteiger partial charge in [-0.1, -0.05) is 0 Å². The number of anilines is 1. The lowest BCUT2D eigenvalue weighted by atomic mass is 10.2. The number of aromatic carboxylic acids is 1. The van der Waals surface area contributed by atoms with E-state index >= 15 is 0 Å². The maximum atomic E-state index is 11.1. The van der Waals surface area contributed by atoms with Crippen molar-refractivity contribution in [2.75, 3.05) is 5.73 Å². The quantitative estimate of drug-likeness (QED) is 0.741. The topological polar surface area (TPSA) is 93.5 Å². The van der Waals surface area contributed by atoms with Gasteiger partial charge in [0.25, 0.3) is 0 Å². The highest BCUT2D eigenvalue weighted by molar-refractivity contribution is 5.93. The van der Waals surface area contributed by atoms with Crippen molar-refractivity contribution in [3.63, 3.8) is 0 Å². The van der Waals surface area contributed by atoms with Crippen molar-refractivity contribution < 1.29 is 9.90 Å². The average Bonchev–Trinajstić information content (AvgIpc) is 3.17. The van der Waals surface area contributed by atoms with Gasteiger partial charge in [-0.05, 0) is 31.0 Å². The molecule has 6 heteroatoms. The van der Waals surface area contributed by atoms with Gasteiger partial charge >= 0.3 is 5.97 Å². The molecule has 1 saturated carbocycles. The summed E-state index contributed by atoms with van der Waals surface area (Å²) in [6, 6.07) is 4.85. The molecule has 0 saturated heterocycles. The number of aromatic nitrogens is 3. The van der Waals surface area contributed by atoms with Crippen LogP contribution in [0.3, 0.4) is 0 Å². The molecule has 3 aromatic rings. The number of nitrogen functional groups attached to an aromatic ring is 1. The van der Waals surface area contributed by atoms with E-state index < -0.39 is 5.97 Å². The number of benzene rings is 1. The van der Waals surface area contributed by atoms with Crippen LogP contribution in [-0.2, 0) is 0 Å². The van der Waals surface area contributed by atoms with E-state index in [1.165, 1.54) is 6.07 Å². The molecule has 2 heterocycles. The largest absolute Gasteiger partial charge is 0.478 e. The van der Waals surface area contributed by atoms with Crippen LogP contribution >= 0.6 is 0 Å². The predicted molar refractivity (Wildman–Crippen MR) is 73.8 cm³/mol. The van der Waals surface area contributed by atoms with Crippen molar-refractivity contribution in [3.05, 3.63) is 35.8 Å². The Balaban J connectivity index is 2.15. The molecular formula is C14H12N4O2. The summed E-state index contributed by atoms with van der Waals surface area (Å²) >= 11 is 0. The number of hydrogen-bond donors (Lipinski definition) is 2. The molecule has 2 aromatic heterocycles. The van der Waals surface area contributed by atoms with Gasteiger partial charge in [0, 0.05) is 5.92 Å². The number of nitrogens with two attached hydrogens (primary N) is 1. The number of carboxylic acids is 1. The third-order valence-electron chi connectivity index (χ3n) is 3.70. The van der Waals surface area contributed by atoms with Crippen LogP contribution in [0, 0.1) is 0 Å². The van der Waals surface area contributed by atoms with E-state index in [2.05, 4.69) is 9.97 Å². The molecule has 3 N–H and O–H groups in total. The Morgan fingerprint density at radius 2 is 2.15 bits per heavy atom. The van der Waals surface area contributed by atoms with Crippen molar-refractivity contribution in [1.29, 1.82) is 0 Å². The van der Waals surface area contributed by atoms with Crippen molar-refractivity contribution in [3.8, 4) is 0 Å². The lowest BCUT2D eigenvalue weighted by Gasteiger charge is -2.08. The Hall–Kier alpha value is -2.63. The molecule has 0 amide bonds. The van der Waals surface area contributed by atoms with Crippen molar-refractivity contribution >= 4 is 28.3 Å². The number of carbonyl (C=O) groups is 1. The molecule has 0 aliphatic heterocycles. The molecule has 1 aliphatic rings. The summed E-state index contributed by atoms with van der Waals surface area (Å²) < 4.78 is 1.95. The number of rotatable bonds is 2. The van der Waals surface area contributed by atoms with E-state index in [0.29, 0.717) is 17.3 Å². The summed E-state index contributed by atoms with van der Waals surface area (Å²) in [4.78, 5) is 19.9. The molecular weight excluding hydrogens is 256 g/mol. The second-order valence-electron chi connectivity index (χ2n) is 5.12. The van der Waals surface area contributed by atoms with Crippen molar-refractivity contribution in [2.45, 2.75) is 18.8 Å². The molecule has 20 heavy (non-hydrogen) atoms. The molecule has 6 nitrogen and oxygen atoms in total. The predicted octanol–water partition coefficient (Wildman–Crippen LogP) is 2.04. The zero-order chi connectivity index (χ0) is 13.9. The van der Waals surface area contributed by atoms with Crippen LogP contribution in [0.2, 0.25) is 0 Å². The molecule has 0 spiro atoms. The van der Waals surface area contributed by atoms with Gasteiger partial charge in [-0.2, -0.15) is 0 Å². The lowest BCUT2D eigenvalue weighted by Crippen LogP contribution is -2.03. The fourth-order valence-corrected chi connectivity index (χ4v) is 2.55. The fourth-order valence-electron chi connectivity index (χ4n) is 2.55. The molecule has 1 fully saturated rings. The summed E-state index contributed by atoms with van der Waals surface area (Å²) in [6.07, 6.45) is 3.94. The molecule has 0 unspecified atom stereocenters. The minimum absolute atomic E-state index is 0.237. The van der Waals surface area contributed by atoms with Gasteiger partial charge in [0.2, 0.25) is 0 Å². The second kappa shape index (κ2) is 3.69. The highest BCUT2D eigenvalue weighted by Gasteiger charge is 2.29. The van der Waals surface area contributed by atoms with E-state index in [-0.39, 0.29) is 5.56 Å². The lowest BCUT2D eigenvalue weighted by molar-refractivity contribution is 0.0697. The van der Waals surface area contributed by atoms with Crippen molar-refractivity contribution in [2.24, 2.45) is 0 Å². The summed E-state index contributed by atoms with van der Waals surface area (Å²) in [5.74, 6) is 0.850. The van der Waals surface area contributed by atoms with E-state index in [1.54, 1.807) is 18.3 Å². The molecule has 100 valence electrons. The molecule has 4 rings (SSSR count). The Bertz CT molecular complexity index is 864. The number of imidazole rings is 1. The van der Waals surface area contributed by atoms with Crippen LogP contribution in [0.15, 0.2) is 24.4 Å². The monoisotopic (exact) mass is 268 g/mol. The minimum Gasteiger partial charge on any atom is -0.478 e. The fraction of sp³-hybridized carbons (Fsp3) is 0.214. The molecule has 1 aliphatic carbocycles. The number of carboxylic acid groups (broad SMARTS) is 1. The highest BCUT2D eigenvalue weighted by atomic mass is 16.4. The first kappa shape index (κ1) is 11.2. The molecule has 0 radical (unpaired) electrons. The van der Waals surface area contributed by atoms with Gasteiger partial charge in [-0.15, -0.1) is 0 Å². The maximum absolute atomic E-state index is 11.1. The number of fused-ring (bicyclic) bond motifs is 3. The van der Waals surface area contributed by atoms with Gasteiger partial charge < -0.3 is 10.8 Å². The molecule has 1 aromatic carbocycles.